The quantitative estimate of drug-likeness (QED) is 0.733. The van der Waals surface area contributed by atoms with Gasteiger partial charge >= 0.3 is 0 Å². The van der Waals surface area contributed by atoms with Crippen LogP contribution in [0, 0.1) is 12.8 Å². The molecule has 2 rings (SSSR count). The predicted octanol–water partition coefficient (Wildman–Crippen LogP) is 1.56. The molecule has 1 aromatic heterocycles. The summed E-state index contributed by atoms with van der Waals surface area (Å²) in [6.07, 6.45) is 0. The van der Waals surface area contributed by atoms with Gasteiger partial charge in [0.1, 0.15) is 5.82 Å². The molecule has 0 saturated carbocycles. The lowest BCUT2D eigenvalue weighted by Crippen LogP contribution is -2.25. The highest BCUT2D eigenvalue weighted by atomic mass is 14.9. The largest absolute Gasteiger partial charge is 0.342 e. The Kier molecular flexibility index (Phi) is 3.76. The summed E-state index contributed by atoms with van der Waals surface area (Å²) in [6, 6.07) is 6.32. The average Bonchev–Trinajstić information content (AvgIpc) is 2.68. The highest BCUT2D eigenvalue weighted by molar-refractivity contribution is 5.75. The van der Waals surface area contributed by atoms with Gasteiger partial charge in [0.2, 0.25) is 0 Å². The maximum Gasteiger partial charge on any atom is 0.104 e. The van der Waals surface area contributed by atoms with Crippen molar-refractivity contribution in [2.45, 2.75) is 20.4 Å². The Morgan fingerprint density at radius 2 is 2.29 bits per heavy atom. The number of hydrogen-bond donors (Lipinski definition) is 3. The zero-order valence-electron chi connectivity index (χ0n) is 10.5. The topological polar surface area (TPSA) is 66.7 Å². The van der Waals surface area contributed by atoms with Gasteiger partial charge in [-0.25, -0.2) is 4.98 Å². The van der Waals surface area contributed by atoms with Crippen LogP contribution in [-0.2, 0) is 6.54 Å². The fourth-order valence-corrected chi connectivity index (χ4v) is 1.84. The molecule has 0 spiro atoms. The lowest BCUT2D eigenvalue weighted by atomic mass is 10.1. The summed E-state index contributed by atoms with van der Waals surface area (Å²) in [7, 11) is 0. The molecular formula is C13H20N4. The fourth-order valence-electron chi connectivity index (χ4n) is 1.84. The number of aromatic nitrogens is 2. The number of hydrogen-bond acceptors (Lipinski definition) is 3. The van der Waals surface area contributed by atoms with E-state index in [1.807, 2.05) is 6.92 Å². The molecule has 1 unspecified atom stereocenters. The minimum atomic E-state index is 0.521. The molecule has 1 heterocycles. The first-order valence-electron chi connectivity index (χ1n) is 6.05. The first-order chi connectivity index (χ1) is 8.19. The molecule has 0 amide bonds. The molecular weight excluding hydrogens is 212 g/mol. The van der Waals surface area contributed by atoms with E-state index in [-0.39, 0.29) is 0 Å². The smallest absolute Gasteiger partial charge is 0.104 e. The molecule has 0 aliphatic carbocycles. The van der Waals surface area contributed by atoms with Gasteiger partial charge in [0.05, 0.1) is 11.0 Å². The van der Waals surface area contributed by atoms with E-state index in [4.69, 9.17) is 5.73 Å². The minimum absolute atomic E-state index is 0.521. The molecule has 0 aliphatic heterocycles. The molecule has 4 N–H and O–H groups in total. The van der Waals surface area contributed by atoms with Crippen molar-refractivity contribution in [1.82, 2.24) is 15.3 Å². The Morgan fingerprint density at radius 3 is 3.06 bits per heavy atom. The number of aromatic amines is 1. The zero-order valence-corrected chi connectivity index (χ0v) is 10.5. The SMILES string of the molecule is Cc1nc2ccc(CNCC(C)CN)cc2[nH]1. The van der Waals surface area contributed by atoms with Crippen LogP contribution in [0.5, 0.6) is 0 Å². The van der Waals surface area contributed by atoms with Crippen LogP contribution >= 0.6 is 0 Å². The molecule has 1 atom stereocenters. The van der Waals surface area contributed by atoms with E-state index in [0.29, 0.717) is 5.92 Å². The summed E-state index contributed by atoms with van der Waals surface area (Å²) in [5.41, 5.74) is 8.98. The van der Waals surface area contributed by atoms with Crippen molar-refractivity contribution in [3.8, 4) is 0 Å². The summed E-state index contributed by atoms with van der Waals surface area (Å²) in [4.78, 5) is 7.63. The number of rotatable bonds is 5. The van der Waals surface area contributed by atoms with E-state index >= 15 is 0 Å². The molecule has 17 heavy (non-hydrogen) atoms. The van der Waals surface area contributed by atoms with Crippen LogP contribution in [0.1, 0.15) is 18.3 Å². The summed E-state index contributed by atoms with van der Waals surface area (Å²) >= 11 is 0. The maximum absolute atomic E-state index is 5.58. The van der Waals surface area contributed by atoms with Gasteiger partial charge in [0.25, 0.3) is 0 Å². The lowest BCUT2D eigenvalue weighted by molar-refractivity contribution is 0.522. The van der Waals surface area contributed by atoms with Crippen molar-refractivity contribution in [1.29, 1.82) is 0 Å². The van der Waals surface area contributed by atoms with E-state index in [2.05, 4.69) is 40.4 Å². The van der Waals surface area contributed by atoms with E-state index in [0.717, 1.165) is 36.5 Å². The highest BCUT2D eigenvalue weighted by Crippen LogP contribution is 2.13. The van der Waals surface area contributed by atoms with Crippen molar-refractivity contribution < 1.29 is 0 Å². The second-order valence-electron chi connectivity index (χ2n) is 4.65. The molecule has 4 heteroatoms. The van der Waals surface area contributed by atoms with Gasteiger partial charge < -0.3 is 16.0 Å². The van der Waals surface area contributed by atoms with Gasteiger partial charge in [-0.2, -0.15) is 0 Å². The van der Waals surface area contributed by atoms with Crippen molar-refractivity contribution in [2.75, 3.05) is 13.1 Å². The van der Waals surface area contributed by atoms with Gasteiger partial charge in [-0.3, -0.25) is 0 Å². The number of fused-ring (bicyclic) bond motifs is 1. The third-order valence-electron chi connectivity index (χ3n) is 2.89. The lowest BCUT2D eigenvalue weighted by Gasteiger charge is -2.09. The van der Waals surface area contributed by atoms with Gasteiger partial charge in [-0.05, 0) is 43.6 Å². The molecule has 4 nitrogen and oxygen atoms in total. The van der Waals surface area contributed by atoms with Crippen molar-refractivity contribution >= 4 is 11.0 Å². The van der Waals surface area contributed by atoms with E-state index in [9.17, 15) is 0 Å². The van der Waals surface area contributed by atoms with E-state index < -0.39 is 0 Å². The molecule has 0 aliphatic rings. The van der Waals surface area contributed by atoms with Gasteiger partial charge in [-0.15, -0.1) is 0 Å². The molecule has 0 bridgehead atoms. The van der Waals surface area contributed by atoms with Crippen LogP contribution in [0.2, 0.25) is 0 Å². The van der Waals surface area contributed by atoms with Gasteiger partial charge in [-0.1, -0.05) is 13.0 Å². The first-order valence-corrected chi connectivity index (χ1v) is 6.05. The van der Waals surface area contributed by atoms with Crippen molar-refractivity contribution in [2.24, 2.45) is 11.7 Å². The third-order valence-corrected chi connectivity index (χ3v) is 2.89. The maximum atomic E-state index is 5.58. The summed E-state index contributed by atoms with van der Waals surface area (Å²) < 4.78 is 0. The van der Waals surface area contributed by atoms with Crippen LogP contribution < -0.4 is 11.1 Å². The number of H-pyrrole nitrogens is 1. The molecule has 0 radical (unpaired) electrons. The van der Waals surface area contributed by atoms with Crippen LogP contribution in [0.15, 0.2) is 18.2 Å². The average molecular weight is 232 g/mol. The monoisotopic (exact) mass is 232 g/mol. The minimum Gasteiger partial charge on any atom is -0.342 e. The van der Waals surface area contributed by atoms with Gasteiger partial charge in [0.15, 0.2) is 0 Å². The number of aryl methyl sites for hydroxylation is 1. The Balaban J connectivity index is 1.99. The molecule has 0 saturated heterocycles. The number of imidazole rings is 1. The van der Waals surface area contributed by atoms with Crippen LogP contribution in [0.4, 0.5) is 0 Å². The fraction of sp³-hybridized carbons (Fsp3) is 0.462. The van der Waals surface area contributed by atoms with Crippen molar-refractivity contribution in [3.63, 3.8) is 0 Å². The second kappa shape index (κ2) is 5.29. The first kappa shape index (κ1) is 12.1. The predicted molar refractivity (Wildman–Crippen MR) is 70.8 cm³/mol. The zero-order chi connectivity index (χ0) is 12.3. The van der Waals surface area contributed by atoms with E-state index in [1.54, 1.807) is 0 Å². The molecule has 2 aromatic rings. The normalized spacial score (nSPS) is 13.1. The van der Waals surface area contributed by atoms with Crippen LogP contribution in [0.3, 0.4) is 0 Å². The molecule has 1 aromatic carbocycles. The Labute approximate surface area is 102 Å². The summed E-state index contributed by atoms with van der Waals surface area (Å²) in [5.74, 6) is 1.48. The van der Waals surface area contributed by atoms with Crippen molar-refractivity contribution in [3.05, 3.63) is 29.6 Å². The van der Waals surface area contributed by atoms with E-state index in [1.165, 1.54) is 5.56 Å². The summed E-state index contributed by atoms with van der Waals surface area (Å²) in [6.45, 7) is 6.68. The highest BCUT2D eigenvalue weighted by Gasteiger charge is 2.02. The third kappa shape index (κ3) is 3.05. The Hall–Kier alpha value is -1.39. The number of benzene rings is 1. The second-order valence-corrected chi connectivity index (χ2v) is 4.65. The summed E-state index contributed by atoms with van der Waals surface area (Å²) in [5, 5.41) is 3.41. The Morgan fingerprint density at radius 1 is 1.47 bits per heavy atom. The number of nitrogens with two attached hydrogens (primary N) is 1. The Bertz CT molecular complexity index is 489. The van der Waals surface area contributed by atoms with Gasteiger partial charge in [0, 0.05) is 6.54 Å². The standard InChI is InChI=1S/C13H20N4/c1-9(6-14)7-15-8-11-3-4-12-13(5-11)17-10(2)16-12/h3-5,9,15H,6-8,14H2,1-2H3,(H,16,17). The van der Waals surface area contributed by atoms with Crippen LogP contribution in [-0.4, -0.2) is 23.1 Å². The molecule has 92 valence electrons. The number of nitrogens with one attached hydrogen (secondary N) is 2. The molecule has 0 fully saturated rings. The van der Waals surface area contributed by atoms with Crippen LogP contribution in [0.25, 0.3) is 11.0 Å². The number of nitrogens with zero attached hydrogens (tertiary/aromatic N) is 1.